The van der Waals surface area contributed by atoms with Gasteiger partial charge in [0.25, 0.3) is 0 Å². The molecule has 4 rings (SSSR count). The number of guanidine groups is 1. The van der Waals surface area contributed by atoms with E-state index < -0.39 is 9.84 Å². The van der Waals surface area contributed by atoms with Gasteiger partial charge in [-0.15, -0.1) is 0 Å². The molecule has 28 heavy (non-hydrogen) atoms. The number of ether oxygens (including phenoxy) is 1. The summed E-state index contributed by atoms with van der Waals surface area (Å²) in [5.41, 5.74) is 0.963. The highest BCUT2D eigenvalue weighted by Crippen LogP contribution is 2.47. The lowest BCUT2D eigenvalue weighted by Gasteiger charge is -2.40. The second kappa shape index (κ2) is 7.25. The first-order valence-corrected chi connectivity index (χ1v) is 12.3. The second-order valence-corrected chi connectivity index (χ2v) is 11.1. The van der Waals surface area contributed by atoms with Gasteiger partial charge >= 0.3 is 0 Å². The van der Waals surface area contributed by atoms with Gasteiger partial charge in [-0.25, -0.2) is 8.42 Å². The molecule has 0 radical (unpaired) electrons. The van der Waals surface area contributed by atoms with Crippen molar-refractivity contribution >= 4 is 15.8 Å². The fraction of sp³-hybridized carbons (Fsp3) is 0.667. The van der Waals surface area contributed by atoms with Gasteiger partial charge in [0.05, 0.1) is 11.8 Å². The van der Waals surface area contributed by atoms with Crippen LogP contribution in [0.3, 0.4) is 0 Å². The molecule has 1 aromatic carbocycles. The quantitative estimate of drug-likeness (QED) is 0.582. The molecule has 1 aromatic rings. The smallest absolute Gasteiger partial charge is 0.191 e. The molecule has 2 N–H and O–H groups in total. The zero-order valence-corrected chi connectivity index (χ0v) is 17.6. The molecule has 1 heterocycles. The lowest BCUT2D eigenvalue weighted by atomic mass is 9.86. The van der Waals surface area contributed by atoms with E-state index >= 15 is 0 Å². The molecule has 154 valence electrons. The van der Waals surface area contributed by atoms with Crippen molar-refractivity contribution in [2.45, 2.75) is 56.6 Å². The zero-order valence-electron chi connectivity index (χ0n) is 16.8. The lowest BCUT2D eigenvalue weighted by Crippen LogP contribution is -2.47. The third-order valence-corrected chi connectivity index (χ3v) is 7.54. The van der Waals surface area contributed by atoms with E-state index in [4.69, 9.17) is 4.74 Å². The van der Waals surface area contributed by atoms with Gasteiger partial charge in [0.1, 0.15) is 21.2 Å². The summed E-state index contributed by atoms with van der Waals surface area (Å²) in [6.07, 6.45) is 8.79. The van der Waals surface area contributed by atoms with E-state index in [9.17, 15) is 8.42 Å². The van der Waals surface area contributed by atoms with Crippen LogP contribution >= 0.6 is 0 Å². The maximum Gasteiger partial charge on any atom is 0.191 e. The van der Waals surface area contributed by atoms with Gasteiger partial charge in [0, 0.05) is 37.2 Å². The summed E-state index contributed by atoms with van der Waals surface area (Å²) in [6.45, 7) is 0.635. The first-order chi connectivity index (χ1) is 13.3. The molecule has 0 aromatic heterocycles. The minimum absolute atomic E-state index is 0.0706. The third-order valence-electron chi connectivity index (χ3n) is 6.40. The van der Waals surface area contributed by atoms with Crippen LogP contribution in [-0.4, -0.2) is 45.6 Å². The number of hydrogen-bond acceptors (Lipinski definition) is 4. The van der Waals surface area contributed by atoms with Crippen molar-refractivity contribution in [3.63, 3.8) is 0 Å². The average molecular weight is 406 g/mol. The van der Waals surface area contributed by atoms with Crippen LogP contribution in [0.5, 0.6) is 5.75 Å². The first-order valence-electron chi connectivity index (χ1n) is 10.3. The number of nitrogens with zero attached hydrogens (tertiary/aromatic N) is 1. The van der Waals surface area contributed by atoms with Crippen LogP contribution in [0.1, 0.15) is 56.6 Å². The molecular weight excluding hydrogens is 374 g/mol. The van der Waals surface area contributed by atoms with Gasteiger partial charge in [-0.3, -0.25) is 4.99 Å². The molecular formula is C21H31N3O3S. The third kappa shape index (κ3) is 4.29. The molecule has 2 saturated carbocycles. The second-order valence-electron chi connectivity index (χ2n) is 8.93. The summed E-state index contributed by atoms with van der Waals surface area (Å²) < 4.78 is 29.9. The number of hydrogen-bond donors (Lipinski definition) is 2. The molecule has 3 aliphatic rings. The molecule has 0 amide bonds. The van der Waals surface area contributed by atoms with E-state index in [2.05, 4.69) is 27.8 Å². The van der Waals surface area contributed by atoms with E-state index in [-0.39, 0.29) is 22.8 Å². The number of nitrogens with one attached hydrogen (secondary N) is 2. The minimum Gasteiger partial charge on any atom is -0.487 e. The van der Waals surface area contributed by atoms with Crippen LogP contribution < -0.4 is 15.4 Å². The van der Waals surface area contributed by atoms with Crippen molar-refractivity contribution in [3.8, 4) is 5.75 Å². The Morgan fingerprint density at radius 1 is 1.21 bits per heavy atom. The van der Waals surface area contributed by atoms with Gasteiger partial charge in [-0.1, -0.05) is 18.2 Å². The van der Waals surface area contributed by atoms with E-state index in [0.29, 0.717) is 6.54 Å². The van der Waals surface area contributed by atoms with Gasteiger partial charge in [-0.2, -0.15) is 0 Å². The number of para-hydroxylation sites is 1. The highest BCUT2D eigenvalue weighted by molar-refractivity contribution is 7.90. The summed E-state index contributed by atoms with van der Waals surface area (Å²) in [6, 6.07) is 8.39. The Kier molecular flexibility index (Phi) is 5.06. The summed E-state index contributed by atoms with van der Waals surface area (Å²) >= 11 is 0. The molecule has 2 fully saturated rings. The molecule has 0 saturated heterocycles. The molecule has 2 aliphatic carbocycles. The van der Waals surface area contributed by atoms with E-state index in [1.807, 2.05) is 12.1 Å². The number of aliphatic imine (C=N–C) groups is 1. The summed E-state index contributed by atoms with van der Waals surface area (Å²) in [4.78, 5) is 4.40. The molecule has 7 heteroatoms. The average Bonchev–Trinajstić information content (AvgIpc) is 3.25. The van der Waals surface area contributed by atoms with Crippen molar-refractivity contribution in [1.82, 2.24) is 10.6 Å². The highest BCUT2D eigenvalue weighted by atomic mass is 32.2. The molecule has 0 bridgehead atoms. The van der Waals surface area contributed by atoms with Crippen LogP contribution in [0.2, 0.25) is 0 Å². The van der Waals surface area contributed by atoms with Crippen LogP contribution in [-0.2, 0) is 9.84 Å². The first kappa shape index (κ1) is 19.6. The normalized spacial score (nSPS) is 25.1. The topological polar surface area (TPSA) is 79.8 Å². The summed E-state index contributed by atoms with van der Waals surface area (Å²) in [5, 5.41) is 6.97. The molecule has 1 aliphatic heterocycles. The van der Waals surface area contributed by atoms with Crippen LogP contribution in [0.4, 0.5) is 0 Å². The van der Waals surface area contributed by atoms with Crippen molar-refractivity contribution in [2.24, 2.45) is 10.4 Å². The standard InChI is InChI=1S/C21H31N3O3S/c1-22-19(23-14-20(11-12-20)15-28(2,25)26)24-17-13-21(9-5-6-10-21)27-18-8-4-3-7-16(17)18/h3-4,7-8,17H,5-6,9-15H2,1-2H3,(H2,22,23,24). The highest BCUT2D eigenvalue weighted by Gasteiger charge is 2.46. The maximum absolute atomic E-state index is 11.7. The summed E-state index contributed by atoms with van der Waals surface area (Å²) in [5.74, 6) is 1.95. The van der Waals surface area contributed by atoms with E-state index in [0.717, 1.165) is 43.8 Å². The van der Waals surface area contributed by atoms with Gasteiger partial charge in [-0.05, 0) is 44.6 Å². The number of rotatable bonds is 5. The summed E-state index contributed by atoms with van der Waals surface area (Å²) in [7, 11) is -1.21. The molecule has 6 nitrogen and oxygen atoms in total. The van der Waals surface area contributed by atoms with E-state index in [1.54, 1.807) is 7.05 Å². The Hall–Kier alpha value is -1.76. The predicted octanol–water partition coefficient (Wildman–Crippen LogP) is 2.81. The van der Waals surface area contributed by atoms with E-state index in [1.165, 1.54) is 24.7 Å². The van der Waals surface area contributed by atoms with Crippen molar-refractivity contribution in [1.29, 1.82) is 0 Å². The Morgan fingerprint density at radius 3 is 2.57 bits per heavy atom. The fourth-order valence-electron chi connectivity index (χ4n) is 4.81. The predicted molar refractivity (Wildman–Crippen MR) is 112 cm³/mol. The van der Waals surface area contributed by atoms with Crippen molar-refractivity contribution in [3.05, 3.63) is 29.8 Å². The van der Waals surface area contributed by atoms with Gasteiger partial charge in [0.2, 0.25) is 0 Å². The number of fused-ring (bicyclic) bond motifs is 1. The van der Waals surface area contributed by atoms with Crippen LogP contribution in [0.15, 0.2) is 29.3 Å². The Labute approximate surface area is 168 Å². The van der Waals surface area contributed by atoms with Crippen molar-refractivity contribution in [2.75, 3.05) is 25.6 Å². The Balaban J connectivity index is 1.46. The van der Waals surface area contributed by atoms with Gasteiger partial charge in [0.15, 0.2) is 5.96 Å². The SMILES string of the molecule is CN=C(NCC1(CS(C)(=O)=O)CC1)NC1CC2(CCCC2)Oc2ccccc21. The number of benzene rings is 1. The minimum atomic E-state index is -2.97. The molecule has 1 spiro atoms. The largest absolute Gasteiger partial charge is 0.487 e. The molecule has 1 unspecified atom stereocenters. The number of sulfone groups is 1. The molecule has 1 atom stereocenters. The van der Waals surface area contributed by atoms with Gasteiger partial charge < -0.3 is 15.4 Å². The van der Waals surface area contributed by atoms with Crippen molar-refractivity contribution < 1.29 is 13.2 Å². The zero-order chi connectivity index (χ0) is 19.8. The fourth-order valence-corrected chi connectivity index (χ4v) is 6.31. The van der Waals surface area contributed by atoms with Crippen LogP contribution in [0.25, 0.3) is 0 Å². The van der Waals surface area contributed by atoms with Crippen LogP contribution in [0, 0.1) is 5.41 Å². The maximum atomic E-state index is 11.7. The lowest BCUT2D eigenvalue weighted by molar-refractivity contribution is 0.0396. The Morgan fingerprint density at radius 2 is 1.93 bits per heavy atom. The monoisotopic (exact) mass is 405 g/mol. The Bertz CT molecular complexity index is 855.